The van der Waals surface area contributed by atoms with Gasteiger partial charge in [0.2, 0.25) is 0 Å². The highest BCUT2D eigenvalue weighted by Gasteiger charge is 2.26. The molecule has 5 rings (SSSR count). The first kappa shape index (κ1) is 22.2. The number of fused-ring (bicyclic) bond motifs is 1. The number of nitrogens with zero attached hydrogens (tertiary/aromatic N) is 3. The molecule has 0 unspecified atom stereocenters. The highest BCUT2D eigenvalue weighted by Crippen LogP contribution is 2.31. The van der Waals surface area contributed by atoms with Crippen LogP contribution in [-0.4, -0.2) is 76.4 Å². The van der Waals surface area contributed by atoms with E-state index in [1.54, 1.807) is 0 Å². The predicted octanol–water partition coefficient (Wildman–Crippen LogP) is 2.87. The van der Waals surface area contributed by atoms with Crippen LogP contribution in [0, 0.1) is 6.92 Å². The number of carbonyl (C=O) groups excluding carboxylic acids is 1. The molecule has 2 aromatic carbocycles. The summed E-state index contributed by atoms with van der Waals surface area (Å²) in [5.41, 5.74) is 7.35. The molecule has 0 spiro atoms. The summed E-state index contributed by atoms with van der Waals surface area (Å²) in [5.74, 6) is 0.0390. The Morgan fingerprint density at radius 1 is 0.970 bits per heavy atom. The number of hydrogen-bond acceptors (Lipinski definition) is 5. The average Bonchev–Trinajstić information content (AvgIpc) is 2.84. The van der Waals surface area contributed by atoms with Crippen molar-refractivity contribution in [3.8, 4) is 0 Å². The number of rotatable bonds is 4. The average molecular weight is 449 g/mol. The van der Waals surface area contributed by atoms with Gasteiger partial charge in [-0.15, -0.1) is 0 Å². The summed E-state index contributed by atoms with van der Waals surface area (Å²) in [5, 5.41) is 3.34. The molecule has 2 saturated heterocycles. The van der Waals surface area contributed by atoms with Gasteiger partial charge in [0.15, 0.2) is 0 Å². The third-order valence-electron chi connectivity index (χ3n) is 7.45. The minimum atomic E-state index is 0.0390. The summed E-state index contributed by atoms with van der Waals surface area (Å²) in [6.45, 7) is 9.78. The molecule has 2 aromatic rings. The highest BCUT2D eigenvalue weighted by atomic mass is 16.5. The fourth-order valence-electron chi connectivity index (χ4n) is 5.46. The number of carbonyl (C=O) groups is 1. The zero-order chi connectivity index (χ0) is 22.8. The van der Waals surface area contributed by atoms with Crippen LogP contribution >= 0.6 is 0 Å². The molecule has 0 bridgehead atoms. The van der Waals surface area contributed by atoms with Gasteiger partial charge in [0.1, 0.15) is 0 Å². The van der Waals surface area contributed by atoms with Gasteiger partial charge in [-0.25, -0.2) is 0 Å². The Kier molecular flexibility index (Phi) is 6.56. The zero-order valence-electron chi connectivity index (χ0n) is 20.0. The van der Waals surface area contributed by atoms with Crippen LogP contribution < -0.4 is 15.1 Å². The summed E-state index contributed by atoms with van der Waals surface area (Å²) >= 11 is 0. The van der Waals surface area contributed by atoms with Gasteiger partial charge in [0.25, 0.3) is 5.91 Å². The second-order valence-corrected chi connectivity index (χ2v) is 9.72. The second-order valence-electron chi connectivity index (χ2n) is 9.72. The van der Waals surface area contributed by atoms with E-state index in [0.717, 1.165) is 82.9 Å². The van der Waals surface area contributed by atoms with Gasteiger partial charge in [-0.3, -0.25) is 4.79 Å². The fourth-order valence-corrected chi connectivity index (χ4v) is 5.46. The smallest absolute Gasteiger partial charge is 0.251 e. The number of anilines is 2. The van der Waals surface area contributed by atoms with Gasteiger partial charge in [-0.05, 0) is 74.2 Å². The van der Waals surface area contributed by atoms with Crippen molar-refractivity contribution in [3.05, 3.63) is 58.7 Å². The molecule has 176 valence electrons. The minimum absolute atomic E-state index is 0.0390. The molecule has 6 heteroatoms. The zero-order valence-corrected chi connectivity index (χ0v) is 20.0. The third kappa shape index (κ3) is 4.87. The van der Waals surface area contributed by atoms with Crippen molar-refractivity contribution in [2.24, 2.45) is 0 Å². The molecular formula is C27H36N4O2. The molecule has 2 aliphatic heterocycles. The van der Waals surface area contributed by atoms with E-state index in [2.05, 4.69) is 58.3 Å². The topological polar surface area (TPSA) is 48.1 Å². The molecule has 6 nitrogen and oxygen atoms in total. The molecule has 1 aliphatic carbocycles. The summed E-state index contributed by atoms with van der Waals surface area (Å²) in [4.78, 5) is 20.4. The van der Waals surface area contributed by atoms with Crippen LogP contribution in [0.3, 0.4) is 0 Å². The maximum Gasteiger partial charge on any atom is 0.251 e. The van der Waals surface area contributed by atoms with Gasteiger partial charge in [0.05, 0.1) is 13.2 Å². The van der Waals surface area contributed by atoms with E-state index in [9.17, 15) is 4.79 Å². The van der Waals surface area contributed by atoms with Crippen LogP contribution in [0.5, 0.6) is 0 Å². The van der Waals surface area contributed by atoms with Gasteiger partial charge in [-0.1, -0.05) is 12.1 Å². The Bertz CT molecular complexity index is 994. The van der Waals surface area contributed by atoms with Crippen LogP contribution in [0.2, 0.25) is 0 Å². The van der Waals surface area contributed by atoms with Gasteiger partial charge < -0.3 is 24.8 Å². The second kappa shape index (κ2) is 9.74. The molecule has 1 N–H and O–H groups in total. The number of hydrogen-bond donors (Lipinski definition) is 1. The van der Waals surface area contributed by atoms with E-state index in [1.807, 2.05) is 12.1 Å². The summed E-state index contributed by atoms with van der Waals surface area (Å²) in [7, 11) is 2.19. The first-order valence-corrected chi connectivity index (χ1v) is 12.4. The number of amides is 1. The quantitative estimate of drug-likeness (QED) is 0.780. The normalized spacial score (nSPS) is 21.6. The van der Waals surface area contributed by atoms with Crippen LogP contribution in [-0.2, 0) is 17.6 Å². The Balaban J connectivity index is 1.27. The summed E-state index contributed by atoms with van der Waals surface area (Å²) < 4.78 is 5.47. The van der Waals surface area contributed by atoms with Crippen molar-refractivity contribution in [3.63, 3.8) is 0 Å². The lowest BCUT2D eigenvalue weighted by Crippen LogP contribution is -2.45. The van der Waals surface area contributed by atoms with Crippen molar-refractivity contribution < 1.29 is 9.53 Å². The van der Waals surface area contributed by atoms with E-state index in [4.69, 9.17) is 4.74 Å². The van der Waals surface area contributed by atoms with E-state index in [0.29, 0.717) is 0 Å². The van der Waals surface area contributed by atoms with Crippen molar-refractivity contribution in [1.29, 1.82) is 0 Å². The largest absolute Gasteiger partial charge is 0.378 e. The Morgan fingerprint density at radius 2 is 1.73 bits per heavy atom. The molecule has 2 fully saturated rings. The maximum atomic E-state index is 13.1. The molecule has 0 aromatic heterocycles. The van der Waals surface area contributed by atoms with Crippen LogP contribution in [0.25, 0.3) is 0 Å². The van der Waals surface area contributed by atoms with Crippen molar-refractivity contribution >= 4 is 17.3 Å². The molecule has 1 amide bonds. The first-order valence-electron chi connectivity index (χ1n) is 12.4. The number of ether oxygens (including phenoxy) is 1. The summed E-state index contributed by atoms with van der Waals surface area (Å²) in [6, 6.07) is 13.0. The molecule has 2 heterocycles. The SMILES string of the molecule is Cc1cc(C(=O)N[C@@H]2CCc3cccc(N4CCN(C)CC4)c3C2)ccc1N1CCOCC1. The molecule has 33 heavy (non-hydrogen) atoms. The number of aryl methyl sites for hydroxylation is 2. The predicted molar refractivity (Wildman–Crippen MR) is 134 cm³/mol. The lowest BCUT2D eigenvalue weighted by molar-refractivity contribution is 0.0933. The Hall–Kier alpha value is -2.57. The summed E-state index contributed by atoms with van der Waals surface area (Å²) in [6.07, 6.45) is 2.93. The van der Waals surface area contributed by atoms with E-state index >= 15 is 0 Å². The van der Waals surface area contributed by atoms with E-state index in [1.165, 1.54) is 22.5 Å². The van der Waals surface area contributed by atoms with E-state index in [-0.39, 0.29) is 11.9 Å². The van der Waals surface area contributed by atoms with Gasteiger partial charge in [0, 0.05) is 62.2 Å². The molecule has 1 atom stereocenters. The van der Waals surface area contributed by atoms with Crippen molar-refractivity contribution in [2.75, 3.05) is 69.3 Å². The minimum Gasteiger partial charge on any atom is -0.378 e. The first-order chi connectivity index (χ1) is 16.1. The van der Waals surface area contributed by atoms with Crippen LogP contribution in [0.1, 0.15) is 33.5 Å². The number of piperazine rings is 1. The molecule has 3 aliphatic rings. The van der Waals surface area contributed by atoms with E-state index < -0.39 is 0 Å². The maximum absolute atomic E-state index is 13.1. The number of benzene rings is 2. The third-order valence-corrected chi connectivity index (χ3v) is 7.45. The Labute approximate surface area is 197 Å². The fraction of sp³-hybridized carbons (Fsp3) is 0.519. The highest BCUT2D eigenvalue weighted by molar-refractivity contribution is 5.95. The number of likely N-dealkylation sites (N-methyl/N-ethyl adjacent to an activating group) is 1. The molecule has 0 saturated carbocycles. The van der Waals surface area contributed by atoms with Gasteiger partial charge in [-0.2, -0.15) is 0 Å². The van der Waals surface area contributed by atoms with Crippen molar-refractivity contribution in [2.45, 2.75) is 32.2 Å². The standard InChI is InChI=1S/C27H36N4O2/c1-20-18-22(7-9-25(20)31-14-16-33-17-15-31)27(32)28-23-8-6-21-4-3-5-26(24(21)19-23)30-12-10-29(2)11-13-30/h3-5,7,9,18,23H,6,8,10-17,19H2,1-2H3,(H,28,32)/t23-/m1/s1. The van der Waals surface area contributed by atoms with Crippen LogP contribution in [0.15, 0.2) is 36.4 Å². The van der Waals surface area contributed by atoms with Gasteiger partial charge >= 0.3 is 0 Å². The lowest BCUT2D eigenvalue weighted by Gasteiger charge is -2.37. The molecular weight excluding hydrogens is 412 g/mol. The number of morpholine rings is 1. The monoisotopic (exact) mass is 448 g/mol. The van der Waals surface area contributed by atoms with Crippen molar-refractivity contribution in [1.82, 2.24) is 10.2 Å². The van der Waals surface area contributed by atoms with Crippen LogP contribution in [0.4, 0.5) is 11.4 Å². The lowest BCUT2D eigenvalue weighted by atomic mass is 9.86. The Morgan fingerprint density at radius 3 is 2.48 bits per heavy atom. The molecule has 0 radical (unpaired) electrons. The number of nitrogens with one attached hydrogen (secondary N) is 1.